The molecule has 1 aromatic heterocycles. The number of carbonyl (C=O) groups excluding carboxylic acids is 1. The van der Waals surface area contributed by atoms with Crippen molar-refractivity contribution in [2.24, 2.45) is 0 Å². The Kier molecular flexibility index (Phi) is 4.99. The molecule has 0 unspecified atom stereocenters. The number of aryl methyl sites for hydroxylation is 1. The van der Waals surface area contributed by atoms with E-state index in [0.29, 0.717) is 10.6 Å². The van der Waals surface area contributed by atoms with Crippen molar-refractivity contribution >= 4 is 39.8 Å². The van der Waals surface area contributed by atoms with Gasteiger partial charge in [0.25, 0.3) is 5.91 Å². The smallest absolute Gasteiger partial charge is 0.257 e. The minimum absolute atomic E-state index is 0.158. The van der Waals surface area contributed by atoms with Crippen LogP contribution in [0.15, 0.2) is 48.7 Å². The van der Waals surface area contributed by atoms with Crippen molar-refractivity contribution in [2.45, 2.75) is 26.2 Å². The first-order chi connectivity index (χ1) is 13.1. The quantitative estimate of drug-likeness (QED) is 0.659. The first kappa shape index (κ1) is 17.8. The maximum atomic E-state index is 13.0. The second-order valence-electron chi connectivity index (χ2n) is 7.00. The Bertz CT molecular complexity index is 996. The summed E-state index contributed by atoms with van der Waals surface area (Å²) in [5.74, 6) is 0.818. The van der Waals surface area contributed by atoms with Crippen LogP contribution in [0.1, 0.15) is 35.2 Å². The lowest BCUT2D eigenvalue weighted by Crippen LogP contribution is -2.30. The fourth-order valence-electron chi connectivity index (χ4n) is 3.67. The minimum atomic E-state index is -0.158. The standard InChI is InChI=1S/C22H22ClN3O/c1-15-13-16(23)9-10-20(15)25-22(27)19-14-24-21(26-11-5-2-6-12-26)18-8-4-3-7-17(18)19/h3-4,7-10,13-14H,2,5-6,11-12H2,1H3,(H,25,27). The fourth-order valence-corrected chi connectivity index (χ4v) is 3.90. The number of pyridine rings is 1. The summed E-state index contributed by atoms with van der Waals surface area (Å²) in [6.45, 7) is 3.97. The lowest BCUT2D eigenvalue weighted by Gasteiger charge is -2.29. The highest BCUT2D eigenvalue weighted by molar-refractivity contribution is 6.30. The third-order valence-electron chi connectivity index (χ3n) is 5.11. The number of fused-ring (bicyclic) bond motifs is 1. The maximum Gasteiger partial charge on any atom is 0.257 e. The van der Waals surface area contributed by atoms with Gasteiger partial charge in [-0.2, -0.15) is 0 Å². The Labute approximate surface area is 164 Å². The molecule has 1 fully saturated rings. The molecule has 0 aliphatic carbocycles. The Morgan fingerprint density at radius 1 is 1.07 bits per heavy atom. The van der Waals surface area contributed by atoms with Gasteiger partial charge in [-0.15, -0.1) is 0 Å². The molecule has 0 bridgehead atoms. The Morgan fingerprint density at radius 2 is 1.81 bits per heavy atom. The lowest BCUT2D eigenvalue weighted by atomic mass is 10.0. The van der Waals surface area contributed by atoms with Gasteiger partial charge in [-0.25, -0.2) is 4.98 Å². The number of halogens is 1. The van der Waals surface area contributed by atoms with E-state index >= 15 is 0 Å². The van der Waals surface area contributed by atoms with Gasteiger partial charge in [-0.3, -0.25) is 4.79 Å². The van der Waals surface area contributed by atoms with E-state index in [9.17, 15) is 4.79 Å². The first-order valence-electron chi connectivity index (χ1n) is 9.34. The largest absolute Gasteiger partial charge is 0.356 e. The molecule has 4 rings (SSSR count). The summed E-state index contributed by atoms with van der Waals surface area (Å²) in [4.78, 5) is 20.0. The van der Waals surface area contributed by atoms with E-state index in [1.165, 1.54) is 19.3 Å². The zero-order chi connectivity index (χ0) is 18.8. The Balaban J connectivity index is 1.70. The molecular formula is C22H22ClN3O. The minimum Gasteiger partial charge on any atom is -0.356 e. The molecule has 2 aromatic carbocycles. The molecule has 0 saturated carbocycles. The van der Waals surface area contributed by atoms with Crippen molar-refractivity contribution in [2.75, 3.05) is 23.3 Å². The Morgan fingerprint density at radius 3 is 2.56 bits per heavy atom. The molecule has 27 heavy (non-hydrogen) atoms. The zero-order valence-electron chi connectivity index (χ0n) is 15.3. The number of aromatic nitrogens is 1. The van der Waals surface area contributed by atoms with E-state index in [-0.39, 0.29) is 5.91 Å². The summed E-state index contributed by atoms with van der Waals surface area (Å²) in [5, 5.41) is 5.61. The summed E-state index contributed by atoms with van der Waals surface area (Å²) in [6.07, 6.45) is 5.35. The predicted octanol–water partition coefficient (Wildman–Crippen LogP) is 5.44. The van der Waals surface area contributed by atoms with Crippen molar-refractivity contribution in [3.63, 3.8) is 0 Å². The molecule has 1 amide bonds. The number of nitrogens with zero attached hydrogens (tertiary/aromatic N) is 2. The van der Waals surface area contributed by atoms with Crippen LogP contribution in [0.2, 0.25) is 5.02 Å². The predicted molar refractivity (Wildman–Crippen MR) is 112 cm³/mol. The van der Waals surface area contributed by atoms with Crippen molar-refractivity contribution in [3.8, 4) is 0 Å². The number of hydrogen-bond donors (Lipinski definition) is 1. The average Bonchev–Trinajstić information content (AvgIpc) is 2.70. The van der Waals surface area contributed by atoms with Crippen molar-refractivity contribution < 1.29 is 4.79 Å². The molecule has 1 aliphatic rings. The van der Waals surface area contributed by atoms with Crippen LogP contribution in [-0.4, -0.2) is 24.0 Å². The number of rotatable bonds is 3. The summed E-state index contributed by atoms with van der Waals surface area (Å²) < 4.78 is 0. The van der Waals surface area contributed by atoms with Gasteiger partial charge in [0, 0.05) is 35.4 Å². The van der Waals surface area contributed by atoms with Crippen molar-refractivity contribution in [1.82, 2.24) is 4.98 Å². The highest BCUT2D eigenvalue weighted by Crippen LogP contribution is 2.30. The molecule has 3 aromatic rings. The van der Waals surface area contributed by atoms with Crippen LogP contribution in [0.3, 0.4) is 0 Å². The summed E-state index contributed by atoms with van der Waals surface area (Å²) >= 11 is 6.01. The van der Waals surface area contributed by atoms with E-state index < -0.39 is 0 Å². The van der Waals surface area contributed by atoms with Gasteiger partial charge in [-0.05, 0) is 55.3 Å². The van der Waals surface area contributed by atoms with E-state index in [4.69, 9.17) is 11.6 Å². The molecule has 0 spiro atoms. The van der Waals surface area contributed by atoms with Gasteiger partial charge in [0.1, 0.15) is 5.82 Å². The Hall–Kier alpha value is -2.59. The van der Waals surface area contributed by atoms with Gasteiger partial charge in [0.2, 0.25) is 0 Å². The summed E-state index contributed by atoms with van der Waals surface area (Å²) in [6, 6.07) is 13.5. The van der Waals surface area contributed by atoms with Crippen LogP contribution < -0.4 is 10.2 Å². The van der Waals surface area contributed by atoms with Crippen LogP contribution in [0, 0.1) is 6.92 Å². The molecule has 138 valence electrons. The monoisotopic (exact) mass is 379 g/mol. The normalized spacial score (nSPS) is 14.4. The van der Waals surface area contributed by atoms with E-state index in [1.807, 2.05) is 37.3 Å². The number of nitrogens with one attached hydrogen (secondary N) is 1. The second-order valence-corrected chi connectivity index (χ2v) is 7.44. The topological polar surface area (TPSA) is 45.2 Å². The summed E-state index contributed by atoms with van der Waals surface area (Å²) in [5.41, 5.74) is 2.27. The van der Waals surface area contributed by atoms with Crippen LogP contribution in [-0.2, 0) is 0 Å². The molecule has 4 nitrogen and oxygen atoms in total. The molecular weight excluding hydrogens is 358 g/mol. The van der Waals surface area contributed by atoms with E-state index in [0.717, 1.165) is 40.9 Å². The molecule has 2 heterocycles. The van der Waals surface area contributed by atoms with Gasteiger partial charge >= 0.3 is 0 Å². The number of benzene rings is 2. The van der Waals surface area contributed by atoms with Gasteiger partial charge in [-0.1, -0.05) is 35.9 Å². The average molecular weight is 380 g/mol. The van der Waals surface area contributed by atoms with Gasteiger partial charge < -0.3 is 10.2 Å². The van der Waals surface area contributed by atoms with Crippen LogP contribution >= 0.6 is 11.6 Å². The van der Waals surface area contributed by atoms with Crippen molar-refractivity contribution in [1.29, 1.82) is 0 Å². The lowest BCUT2D eigenvalue weighted by molar-refractivity contribution is 0.102. The SMILES string of the molecule is Cc1cc(Cl)ccc1NC(=O)c1cnc(N2CCCCC2)c2ccccc12. The van der Waals surface area contributed by atoms with Crippen LogP contribution in [0.4, 0.5) is 11.5 Å². The molecule has 0 atom stereocenters. The van der Waals surface area contributed by atoms with E-state index in [1.54, 1.807) is 12.3 Å². The zero-order valence-corrected chi connectivity index (χ0v) is 16.1. The third-order valence-corrected chi connectivity index (χ3v) is 5.35. The van der Waals surface area contributed by atoms with Gasteiger partial charge in [0.15, 0.2) is 0 Å². The number of piperidine rings is 1. The third kappa shape index (κ3) is 3.62. The van der Waals surface area contributed by atoms with Crippen LogP contribution in [0.5, 0.6) is 0 Å². The van der Waals surface area contributed by atoms with Crippen LogP contribution in [0.25, 0.3) is 10.8 Å². The molecule has 0 radical (unpaired) electrons. The highest BCUT2D eigenvalue weighted by Gasteiger charge is 2.19. The number of carbonyl (C=O) groups is 1. The molecule has 5 heteroatoms. The number of anilines is 2. The van der Waals surface area contributed by atoms with E-state index in [2.05, 4.69) is 21.3 Å². The molecule has 1 aliphatic heterocycles. The summed E-state index contributed by atoms with van der Waals surface area (Å²) in [7, 11) is 0. The fraction of sp³-hybridized carbons (Fsp3) is 0.273. The number of amides is 1. The highest BCUT2D eigenvalue weighted by atomic mass is 35.5. The second kappa shape index (κ2) is 7.57. The number of hydrogen-bond acceptors (Lipinski definition) is 3. The van der Waals surface area contributed by atoms with Gasteiger partial charge in [0.05, 0.1) is 5.56 Å². The molecule has 1 saturated heterocycles. The van der Waals surface area contributed by atoms with Crippen molar-refractivity contribution in [3.05, 3.63) is 64.8 Å². The first-order valence-corrected chi connectivity index (χ1v) is 9.71. The maximum absolute atomic E-state index is 13.0. The molecule has 1 N–H and O–H groups in total.